The van der Waals surface area contributed by atoms with E-state index < -0.39 is 0 Å². The SMILES string of the molecule is CCC(Cl)c1noc(Cc2cccs2)n1. The van der Waals surface area contributed by atoms with E-state index in [4.69, 9.17) is 16.1 Å². The largest absolute Gasteiger partial charge is 0.339 e. The molecule has 0 aromatic carbocycles. The fraction of sp³-hybridized carbons (Fsp3) is 0.400. The molecule has 0 aliphatic heterocycles. The van der Waals surface area contributed by atoms with Gasteiger partial charge in [-0.15, -0.1) is 22.9 Å². The Morgan fingerprint density at radius 3 is 3.13 bits per heavy atom. The Labute approximate surface area is 97.1 Å². The van der Waals surface area contributed by atoms with Gasteiger partial charge in [-0.3, -0.25) is 0 Å². The van der Waals surface area contributed by atoms with Crippen LogP contribution in [0.5, 0.6) is 0 Å². The number of rotatable bonds is 4. The van der Waals surface area contributed by atoms with Gasteiger partial charge in [0.2, 0.25) is 5.89 Å². The molecule has 0 amide bonds. The Hall–Kier alpha value is -0.870. The first-order valence-electron chi connectivity index (χ1n) is 4.78. The maximum absolute atomic E-state index is 6.00. The highest BCUT2D eigenvalue weighted by Gasteiger charge is 2.13. The van der Waals surface area contributed by atoms with Crippen LogP contribution in [0, 0.1) is 0 Å². The van der Waals surface area contributed by atoms with E-state index in [9.17, 15) is 0 Å². The van der Waals surface area contributed by atoms with Crippen LogP contribution in [-0.4, -0.2) is 10.1 Å². The van der Waals surface area contributed by atoms with Crippen LogP contribution in [0.4, 0.5) is 0 Å². The molecular weight excluding hydrogens is 232 g/mol. The summed E-state index contributed by atoms with van der Waals surface area (Å²) in [6, 6.07) is 4.06. The summed E-state index contributed by atoms with van der Waals surface area (Å²) in [5.74, 6) is 1.22. The molecule has 80 valence electrons. The normalized spacial score (nSPS) is 12.9. The second-order valence-electron chi connectivity index (χ2n) is 3.18. The maximum Gasteiger partial charge on any atom is 0.231 e. The number of aromatic nitrogens is 2. The van der Waals surface area contributed by atoms with E-state index in [1.165, 1.54) is 4.88 Å². The van der Waals surface area contributed by atoms with Crippen LogP contribution >= 0.6 is 22.9 Å². The molecule has 2 aromatic rings. The first-order chi connectivity index (χ1) is 7.29. The van der Waals surface area contributed by atoms with Crippen molar-refractivity contribution in [1.29, 1.82) is 0 Å². The zero-order chi connectivity index (χ0) is 10.7. The quantitative estimate of drug-likeness (QED) is 0.772. The highest BCUT2D eigenvalue weighted by Crippen LogP contribution is 2.21. The van der Waals surface area contributed by atoms with Crippen LogP contribution in [0.1, 0.15) is 35.3 Å². The van der Waals surface area contributed by atoms with Crippen LogP contribution in [0.2, 0.25) is 0 Å². The van der Waals surface area contributed by atoms with Crippen molar-refractivity contribution in [3.63, 3.8) is 0 Å². The third-order valence-electron chi connectivity index (χ3n) is 2.03. The van der Waals surface area contributed by atoms with Gasteiger partial charge in [0.1, 0.15) is 0 Å². The van der Waals surface area contributed by atoms with Crippen molar-refractivity contribution in [2.75, 3.05) is 0 Å². The van der Waals surface area contributed by atoms with Crippen LogP contribution in [-0.2, 0) is 6.42 Å². The number of thiophene rings is 1. The summed E-state index contributed by atoms with van der Waals surface area (Å²) in [6.07, 6.45) is 1.50. The lowest BCUT2D eigenvalue weighted by Crippen LogP contribution is -1.91. The monoisotopic (exact) mass is 242 g/mol. The smallest absolute Gasteiger partial charge is 0.231 e. The molecule has 0 aliphatic carbocycles. The first kappa shape index (κ1) is 10.6. The van der Waals surface area contributed by atoms with Crippen molar-refractivity contribution in [2.45, 2.75) is 25.1 Å². The van der Waals surface area contributed by atoms with E-state index in [0.29, 0.717) is 18.1 Å². The van der Waals surface area contributed by atoms with Crippen molar-refractivity contribution in [1.82, 2.24) is 10.1 Å². The Balaban J connectivity index is 2.07. The van der Waals surface area contributed by atoms with Crippen molar-refractivity contribution < 1.29 is 4.52 Å². The second kappa shape index (κ2) is 4.77. The van der Waals surface area contributed by atoms with E-state index in [0.717, 1.165) is 6.42 Å². The van der Waals surface area contributed by atoms with Crippen LogP contribution in [0.25, 0.3) is 0 Å². The van der Waals surface area contributed by atoms with Crippen LogP contribution in [0.3, 0.4) is 0 Å². The highest BCUT2D eigenvalue weighted by atomic mass is 35.5. The Morgan fingerprint density at radius 1 is 1.60 bits per heavy atom. The topological polar surface area (TPSA) is 38.9 Å². The molecule has 15 heavy (non-hydrogen) atoms. The van der Waals surface area contributed by atoms with Gasteiger partial charge in [-0.2, -0.15) is 4.98 Å². The number of alkyl halides is 1. The van der Waals surface area contributed by atoms with Gasteiger partial charge in [-0.05, 0) is 17.9 Å². The van der Waals surface area contributed by atoms with Crippen molar-refractivity contribution >= 4 is 22.9 Å². The van der Waals surface area contributed by atoms with Crippen molar-refractivity contribution in [3.05, 3.63) is 34.1 Å². The molecule has 2 rings (SSSR count). The number of hydrogen-bond donors (Lipinski definition) is 0. The van der Waals surface area contributed by atoms with Crippen LogP contribution < -0.4 is 0 Å². The summed E-state index contributed by atoms with van der Waals surface area (Å²) in [6.45, 7) is 1.99. The summed E-state index contributed by atoms with van der Waals surface area (Å²) in [5.41, 5.74) is 0. The summed E-state index contributed by atoms with van der Waals surface area (Å²) < 4.78 is 5.12. The van der Waals surface area contributed by atoms with Gasteiger partial charge in [0.25, 0.3) is 0 Å². The standard InChI is InChI=1S/C10H11ClN2OS/c1-2-8(11)10-12-9(14-13-10)6-7-4-3-5-15-7/h3-5,8H,2,6H2,1H3. The zero-order valence-electron chi connectivity index (χ0n) is 8.31. The molecule has 0 N–H and O–H groups in total. The van der Waals surface area contributed by atoms with Gasteiger partial charge in [0.05, 0.1) is 11.8 Å². The van der Waals surface area contributed by atoms with E-state index in [2.05, 4.69) is 10.1 Å². The van der Waals surface area contributed by atoms with Gasteiger partial charge >= 0.3 is 0 Å². The summed E-state index contributed by atoms with van der Waals surface area (Å²) in [5, 5.41) is 5.74. The molecule has 0 saturated heterocycles. The molecule has 3 nitrogen and oxygen atoms in total. The molecule has 0 fully saturated rings. The lowest BCUT2D eigenvalue weighted by Gasteiger charge is -1.95. The number of hydrogen-bond acceptors (Lipinski definition) is 4. The van der Waals surface area contributed by atoms with Gasteiger partial charge in [-0.25, -0.2) is 0 Å². The predicted octanol–water partition coefficient (Wildman–Crippen LogP) is 3.41. The Morgan fingerprint density at radius 2 is 2.47 bits per heavy atom. The first-order valence-corrected chi connectivity index (χ1v) is 6.10. The molecule has 0 spiro atoms. The van der Waals surface area contributed by atoms with Gasteiger partial charge in [0.15, 0.2) is 5.82 Å². The highest BCUT2D eigenvalue weighted by molar-refractivity contribution is 7.09. The average Bonchev–Trinajstić information content (AvgIpc) is 2.88. The van der Waals surface area contributed by atoms with E-state index in [-0.39, 0.29) is 5.38 Å². The lowest BCUT2D eigenvalue weighted by atomic mass is 10.3. The summed E-state index contributed by atoms with van der Waals surface area (Å²) in [7, 11) is 0. The third kappa shape index (κ3) is 2.58. The number of halogens is 1. The predicted molar refractivity (Wildman–Crippen MR) is 60.3 cm³/mol. The van der Waals surface area contributed by atoms with Crippen LogP contribution in [0.15, 0.2) is 22.0 Å². The van der Waals surface area contributed by atoms with E-state index in [1.807, 2.05) is 24.4 Å². The fourth-order valence-corrected chi connectivity index (χ4v) is 2.00. The Kier molecular flexibility index (Phi) is 3.38. The van der Waals surface area contributed by atoms with Crippen molar-refractivity contribution in [2.24, 2.45) is 0 Å². The minimum Gasteiger partial charge on any atom is -0.339 e. The zero-order valence-corrected chi connectivity index (χ0v) is 9.88. The molecule has 0 aliphatic rings. The van der Waals surface area contributed by atoms with E-state index in [1.54, 1.807) is 11.3 Å². The molecular formula is C10H11ClN2OS. The summed E-state index contributed by atoms with van der Waals surface area (Å²) >= 11 is 7.68. The minimum absolute atomic E-state index is 0.147. The molecule has 2 heterocycles. The molecule has 1 atom stereocenters. The molecule has 0 saturated carbocycles. The maximum atomic E-state index is 6.00. The van der Waals surface area contributed by atoms with Gasteiger partial charge in [-0.1, -0.05) is 18.1 Å². The van der Waals surface area contributed by atoms with E-state index >= 15 is 0 Å². The molecule has 5 heteroatoms. The van der Waals surface area contributed by atoms with Crippen molar-refractivity contribution in [3.8, 4) is 0 Å². The Bertz CT molecular complexity index is 413. The fourth-order valence-electron chi connectivity index (χ4n) is 1.21. The minimum atomic E-state index is -0.147. The summed E-state index contributed by atoms with van der Waals surface area (Å²) in [4.78, 5) is 5.47. The molecule has 2 aromatic heterocycles. The lowest BCUT2D eigenvalue weighted by molar-refractivity contribution is 0.379. The second-order valence-corrected chi connectivity index (χ2v) is 4.74. The third-order valence-corrected chi connectivity index (χ3v) is 3.41. The molecule has 0 radical (unpaired) electrons. The molecule has 1 unspecified atom stereocenters. The van der Waals surface area contributed by atoms with Gasteiger partial charge < -0.3 is 4.52 Å². The average molecular weight is 243 g/mol. The van der Waals surface area contributed by atoms with Gasteiger partial charge in [0, 0.05) is 4.88 Å². The molecule has 0 bridgehead atoms. The number of nitrogens with zero attached hydrogens (tertiary/aromatic N) is 2.